The van der Waals surface area contributed by atoms with Gasteiger partial charge in [-0.15, -0.1) is 6.58 Å². The molecule has 0 spiro atoms. The summed E-state index contributed by atoms with van der Waals surface area (Å²) in [6, 6.07) is 0. The zero-order chi connectivity index (χ0) is 14.2. The minimum Gasteiger partial charge on any atom is -0.451 e. The topological polar surface area (TPSA) is 89.0 Å². The SMILES string of the molecule is C=CCOCCC(=O)C(=[N+]=[N-])C(=O)OC(C)(C)C. The van der Waals surface area contributed by atoms with Crippen molar-refractivity contribution < 1.29 is 23.9 Å². The lowest BCUT2D eigenvalue weighted by Crippen LogP contribution is -2.34. The normalized spacial score (nSPS) is 10.4. The predicted octanol–water partition coefficient (Wildman–Crippen LogP) is 1.16. The third-order valence-electron chi connectivity index (χ3n) is 1.67. The van der Waals surface area contributed by atoms with E-state index in [1.807, 2.05) is 0 Å². The first kappa shape index (κ1) is 16.2. The maximum Gasteiger partial charge on any atom is 0.441 e. The van der Waals surface area contributed by atoms with Crippen molar-refractivity contribution in [2.45, 2.75) is 32.8 Å². The fourth-order valence-electron chi connectivity index (χ4n) is 0.987. The van der Waals surface area contributed by atoms with Crippen LogP contribution in [0.15, 0.2) is 12.7 Å². The molecule has 0 bridgehead atoms. The van der Waals surface area contributed by atoms with Gasteiger partial charge in [0.1, 0.15) is 5.60 Å². The number of carbonyl (C=O) groups is 2. The lowest BCUT2D eigenvalue weighted by Gasteiger charge is -2.17. The summed E-state index contributed by atoms with van der Waals surface area (Å²) in [4.78, 5) is 25.8. The summed E-state index contributed by atoms with van der Waals surface area (Å²) in [6.45, 7) is 8.83. The van der Waals surface area contributed by atoms with Gasteiger partial charge in [0.05, 0.1) is 13.2 Å². The first-order chi connectivity index (χ1) is 8.31. The van der Waals surface area contributed by atoms with Gasteiger partial charge in [-0.2, -0.15) is 4.79 Å². The number of hydrogen-bond acceptors (Lipinski definition) is 4. The van der Waals surface area contributed by atoms with Gasteiger partial charge in [0.2, 0.25) is 0 Å². The predicted molar refractivity (Wildman–Crippen MR) is 65.1 cm³/mol. The summed E-state index contributed by atoms with van der Waals surface area (Å²) in [5.41, 5.74) is 7.30. The Morgan fingerprint density at radius 1 is 1.39 bits per heavy atom. The summed E-state index contributed by atoms with van der Waals surface area (Å²) >= 11 is 0. The smallest absolute Gasteiger partial charge is 0.441 e. The van der Waals surface area contributed by atoms with E-state index in [9.17, 15) is 9.59 Å². The molecule has 18 heavy (non-hydrogen) atoms. The van der Waals surface area contributed by atoms with Crippen LogP contribution in [0.2, 0.25) is 0 Å². The summed E-state index contributed by atoms with van der Waals surface area (Å²) in [5, 5.41) is 0. The van der Waals surface area contributed by atoms with E-state index in [1.54, 1.807) is 26.8 Å². The molecule has 0 aliphatic carbocycles. The molecule has 0 fully saturated rings. The van der Waals surface area contributed by atoms with E-state index < -0.39 is 23.1 Å². The highest BCUT2D eigenvalue weighted by molar-refractivity contribution is 6.62. The number of ketones is 1. The third-order valence-corrected chi connectivity index (χ3v) is 1.67. The van der Waals surface area contributed by atoms with Crippen LogP contribution in [0.1, 0.15) is 27.2 Å². The Kier molecular flexibility index (Phi) is 6.78. The van der Waals surface area contributed by atoms with E-state index in [-0.39, 0.29) is 13.0 Å². The molecular formula is C12H18N2O4. The van der Waals surface area contributed by atoms with Gasteiger partial charge in [-0.25, -0.2) is 4.79 Å². The Labute approximate surface area is 106 Å². The molecule has 100 valence electrons. The van der Waals surface area contributed by atoms with Gasteiger partial charge >= 0.3 is 11.7 Å². The van der Waals surface area contributed by atoms with E-state index >= 15 is 0 Å². The minimum absolute atomic E-state index is 0.0630. The Morgan fingerprint density at radius 3 is 2.44 bits per heavy atom. The van der Waals surface area contributed by atoms with Crippen molar-refractivity contribution in [2.75, 3.05) is 13.2 Å². The van der Waals surface area contributed by atoms with Crippen molar-refractivity contribution in [1.82, 2.24) is 0 Å². The fourth-order valence-corrected chi connectivity index (χ4v) is 0.987. The summed E-state index contributed by atoms with van der Waals surface area (Å²) in [6.07, 6.45) is 1.48. The first-order valence-corrected chi connectivity index (χ1v) is 5.49. The monoisotopic (exact) mass is 254 g/mol. The van der Waals surface area contributed by atoms with Crippen LogP contribution in [0.4, 0.5) is 0 Å². The number of rotatable bonds is 7. The highest BCUT2D eigenvalue weighted by Crippen LogP contribution is 2.07. The third kappa shape index (κ3) is 6.73. The quantitative estimate of drug-likeness (QED) is 0.130. The molecule has 0 heterocycles. The average molecular weight is 254 g/mol. The van der Waals surface area contributed by atoms with Gasteiger partial charge in [-0.3, -0.25) is 4.79 Å². The molecule has 0 saturated heterocycles. The second-order valence-electron chi connectivity index (χ2n) is 4.49. The second kappa shape index (κ2) is 7.53. The van der Waals surface area contributed by atoms with E-state index in [0.717, 1.165) is 0 Å². The molecule has 0 aromatic carbocycles. The van der Waals surface area contributed by atoms with E-state index in [2.05, 4.69) is 11.4 Å². The molecular weight excluding hydrogens is 236 g/mol. The van der Waals surface area contributed by atoms with Crippen molar-refractivity contribution >= 4 is 17.5 Å². The fraction of sp³-hybridized carbons (Fsp3) is 0.583. The van der Waals surface area contributed by atoms with Crippen LogP contribution in [0.5, 0.6) is 0 Å². The Morgan fingerprint density at radius 2 is 2.00 bits per heavy atom. The maximum absolute atomic E-state index is 11.6. The number of esters is 1. The van der Waals surface area contributed by atoms with Crippen LogP contribution in [-0.4, -0.2) is 41.1 Å². The molecule has 0 rings (SSSR count). The molecule has 0 atom stereocenters. The number of ether oxygens (including phenoxy) is 2. The average Bonchev–Trinajstić information content (AvgIpc) is 2.23. The Balaban J connectivity index is 4.42. The molecule has 0 saturated carbocycles. The van der Waals surface area contributed by atoms with Gasteiger partial charge in [0.25, 0.3) is 5.78 Å². The molecule has 0 aliphatic rings. The lowest BCUT2D eigenvalue weighted by atomic mass is 10.1. The van der Waals surface area contributed by atoms with Crippen molar-refractivity contribution in [1.29, 1.82) is 0 Å². The number of carbonyl (C=O) groups excluding carboxylic acids is 2. The largest absolute Gasteiger partial charge is 0.451 e. The molecule has 0 unspecified atom stereocenters. The maximum atomic E-state index is 11.6. The molecule has 0 amide bonds. The van der Waals surface area contributed by atoms with Crippen molar-refractivity contribution in [3.63, 3.8) is 0 Å². The number of Topliss-reactive ketones (excluding diaryl/α,β-unsaturated/α-hetero) is 1. The Hall–Kier alpha value is -1.78. The first-order valence-electron chi connectivity index (χ1n) is 5.49. The summed E-state index contributed by atoms with van der Waals surface area (Å²) < 4.78 is 9.93. The molecule has 0 radical (unpaired) electrons. The molecule has 6 nitrogen and oxygen atoms in total. The van der Waals surface area contributed by atoms with Crippen molar-refractivity contribution in [2.24, 2.45) is 0 Å². The zero-order valence-electron chi connectivity index (χ0n) is 10.9. The molecule has 0 aliphatic heterocycles. The van der Waals surface area contributed by atoms with Gasteiger partial charge in [-0.05, 0) is 20.8 Å². The van der Waals surface area contributed by atoms with E-state index in [0.29, 0.717) is 6.61 Å². The Bertz CT molecular complexity index is 376. The highest BCUT2D eigenvalue weighted by Gasteiger charge is 2.33. The van der Waals surface area contributed by atoms with Crippen molar-refractivity contribution in [3.8, 4) is 0 Å². The zero-order valence-corrected chi connectivity index (χ0v) is 10.9. The van der Waals surface area contributed by atoms with Crippen molar-refractivity contribution in [3.05, 3.63) is 18.2 Å². The molecule has 0 aromatic rings. The van der Waals surface area contributed by atoms with Crippen LogP contribution in [0, 0.1) is 0 Å². The number of nitrogens with zero attached hydrogens (tertiary/aromatic N) is 2. The summed E-state index contributed by atoms with van der Waals surface area (Å²) in [7, 11) is 0. The van der Waals surface area contributed by atoms with Crippen LogP contribution in [-0.2, 0) is 19.1 Å². The molecule has 0 N–H and O–H groups in total. The lowest BCUT2D eigenvalue weighted by molar-refractivity contribution is -0.152. The van der Waals surface area contributed by atoms with Gasteiger partial charge in [0, 0.05) is 6.42 Å². The van der Waals surface area contributed by atoms with E-state index in [4.69, 9.17) is 15.0 Å². The summed E-state index contributed by atoms with van der Waals surface area (Å²) in [5.74, 6) is -1.57. The molecule has 0 aromatic heterocycles. The van der Waals surface area contributed by atoms with Gasteiger partial charge in [0.15, 0.2) is 0 Å². The number of hydrogen-bond donors (Lipinski definition) is 0. The van der Waals surface area contributed by atoms with Crippen LogP contribution < -0.4 is 0 Å². The van der Waals surface area contributed by atoms with E-state index in [1.165, 1.54) is 0 Å². The van der Waals surface area contributed by atoms with Crippen LogP contribution in [0.25, 0.3) is 5.53 Å². The minimum atomic E-state index is -0.946. The second-order valence-corrected chi connectivity index (χ2v) is 4.49. The van der Waals surface area contributed by atoms with Crippen LogP contribution >= 0.6 is 0 Å². The standard InChI is InChI=1S/C12H18N2O4/c1-5-7-17-8-6-9(15)10(14-13)11(16)18-12(2,3)4/h5H,1,6-8H2,2-4H3. The molecule has 6 heteroatoms. The highest BCUT2D eigenvalue weighted by atomic mass is 16.6. The van der Waals surface area contributed by atoms with Gasteiger partial charge < -0.3 is 15.0 Å². The van der Waals surface area contributed by atoms with Gasteiger partial charge in [-0.1, -0.05) is 6.08 Å². The van der Waals surface area contributed by atoms with Crippen LogP contribution in [0.3, 0.4) is 0 Å².